The predicted molar refractivity (Wildman–Crippen MR) is 246 cm³/mol. The van der Waals surface area contributed by atoms with E-state index >= 15 is 0 Å². The number of aliphatic hydroxyl groups excluding tert-OH is 2. The zero-order valence-corrected chi connectivity index (χ0v) is 40.7. The Bertz CT molecular complexity index is 843. The van der Waals surface area contributed by atoms with Crippen molar-refractivity contribution in [3.63, 3.8) is 0 Å². The van der Waals surface area contributed by atoms with Gasteiger partial charge in [-0.1, -0.05) is 209 Å². The van der Waals surface area contributed by atoms with Gasteiger partial charge in [-0.15, -0.1) is 0 Å². The van der Waals surface area contributed by atoms with Crippen LogP contribution in [0.4, 0.5) is 0 Å². The minimum Gasteiger partial charge on any atom is -0.393 e. The van der Waals surface area contributed by atoms with Crippen LogP contribution in [0.3, 0.4) is 0 Å². The highest BCUT2D eigenvalue weighted by Gasteiger charge is 2.47. The summed E-state index contributed by atoms with van der Waals surface area (Å²) in [5, 5.41) is 20.9. The number of aliphatic hydroxyl groups is 2. The highest BCUT2D eigenvalue weighted by atomic mass is 28.3. The largest absolute Gasteiger partial charge is 0.393 e. The maximum Gasteiger partial charge on any atom is 0.0910 e. The molecule has 0 rings (SSSR count). The van der Waals surface area contributed by atoms with Crippen molar-refractivity contribution in [2.24, 2.45) is 0 Å². The smallest absolute Gasteiger partial charge is 0.0910 e. The van der Waals surface area contributed by atoms with Gasteiger partial charge in [0.15, 0.2) is 0 Å². The summed E-state index contributed by atoms with van der Waals surface area (Å²) in [5.74, 6) is 0. The molecule has 6 heteroatoms. The van der Waals surface area contributed by atoms with Gasteiger partial charge in [0.05, 0.1) is 39.8 Å². The highest BCUT2D eigenvalue weighted by Crippen LogP contribution is 2.43. The van der Waals surface area contributed by atoms with E-state index in [1.807, 2.05) is 0 Å². The normalized spacial score (nSPS) is 15.7. The van der Waals surface area contributed by atoms with Gasteiger partial charge in [0, 0.05) is 0 Å². The molecule has 0 saturated heterocycles. The summed E-state index contributed by atoms with van der Waals surface area (Å²) in [6.45, 7) is 29.0. The molecule has 0 aliphatic heterocycles. The van der Waals surface area contributed by atoms with Crippen molar-refractivity contribution in [3.8, 4) is 0 Å². The summed E-state index contributed by atoms with van der Waals surface area (Å²) in [4.78, 5) is 13.5. The van der Waals surface area contributed by atoms with Gasteiger partial charge in [-0.25, -0.2) is 9.78 Å². The average Bonchev–Trinajstić information content (AvgIpc) is 3.09. The SMILES string of the molecule is CCCCCC[C@H](O)C/C=C\CCCCCCCC(OOC(CCCCCCC/C=C\C[C@@H](O)CCCCCC)[Si](C)(C)C(C)(C)C)[Si](C)(C)C(C)(C)C. The van der Waals surface area contributed by atoms with Gasteiger partial charge in [-0.2, -0.15) is 0 Å². The van der Waals surface area contributed by atoms with E-state index in [9.17, 15) is 10.2 Å². The van der Waals surface area contributed by atoms with Crippen LogP contribution in [0.25, 0.3) is 0 Å². The standard InChI is InChI=1S/C48H98O4Si2/c1-13-15-17-31-37-43(49)39-33-27-23-19-21-25-29-35-41-45(53(9,10)47(3,4)5)51-52-46(54(11,12)48(6,7)8)42-36-30-26-22-20-24-28-34-40-44(50)38-32-18-16-14-2/h27-28,33-34,43-46,49-50H,13-26,29-32,35-42H2,1-12H3/b33-27-,34-28-/t43-,44-,45?,46?/m0/s1. The fourth-order valence-corrected chi connectivity index (χ4v) is 11.4. The monoisotopic (exact) mass is 795 g/mol. The molecule has 0 aromatic heterocycles. The lowest BCUT2D eigenvalue weighted by atomic mass is 10.1. The van der Waals surface area contributed by atoms with E-state index in [2.05, 4.69) is 106 Å². The van der Waals surface area contributed by atoms with E-state index in [4.69, 9.17) is 9.78 Å². The first-order valence-corrected chi connectivity index (χ1v) is 29.5. The third kappa shape index (κ3) is 25.2. The fraction of sp³-hybridized carbons (Fsp3) is 0.917. The molecule has 0 spiro atoms. The summed E-state index contributed by atoms with van der Waals surface area (Å²) in [6.07, 6.45) is 39.0. The second-order valence-corrected chi connectivity index (χ2v) is 31.4. The molecule has 2 N–H and O–H groups in total. The molecular formula is C48H98O4Si2. The quantitative estimate of drug-likeness (QED) is 0.0221. The zero-order valence-electron chi connectivity index (χ0n) is 38.7. The molecule has 0 radical (unpaired) electrons. The summed E-state index contributed by atoms with van der Waals surface area (Å²) < 4.78 is 0. The predicted octanol–water partition coefficient (Wildman–Crippen LogP) is 15.8. The van der Waals surface area contributed by atoms with E-state index in [0.29, 0.717) is 0 Å². The number of hydrogen-bond donors (Lipinski definition) is 2. The van der Waals surface area contributed by atoms with Crippen molar-refractivity contribution in [1.29, 1.82) is 0 Å². The number of rotatable bonds is 35. The molecule has 0 aromatic carbocycles. The van der Waals surface area contributed by atoms with E-state index in [0.717, 1.165) is 64.2 Å². The van der Waals surface area contributed by atoms with Gasteiger partial charge < -0.3 is 10.2 Å². The Balaban J connectivity index is 4.83. The van der Waals surface area contributed by atoms with Gasteiger partial charge in [0.1, 0.15) is 0 Å². The van der Waals surface area contributed by atoms with Crippen molar-refractivity contribution in [3.05, 3.63) is 24.3 Å². The van der Waals surface area contributed by atoms with Gasteiger partial charge in [0.25, 0.3) is 0 Å². The molecule has 0 fully saturated rings. The second kappa shape index (κ2) is 30.8. The molecule has 4 atom stereocenters. The molecule has 54 heavy (non-hydrogen) atoms. The van der Waals surface area contributed by atoms with Crippen LogP contribution >= 0.6 is 0 Å². The first kappa shape index (κ1) is 53.8. The van der Waals surface area contributed by atoms with Crippen molar-refractivity contribution < 1.29 is 20.0 Å². The lowest BCUT2D eigenvalue weighted by Crippen LogP contribution is -2.54. The molecule has 0 saturated carbocycles. The van der Waals surface area contributed by atoms with Crippen LogP contribution in [0.1, 0.15) is 222 Å². The van der Waals surface area contributed by atoms with Crippen LogP contribution in [0.15, 0.2) is 24.3 Å². The summed E-state index contributed by atoms with van der Waals surface area (Å²) in [6, 6.07) is 0. The van der Waals surface area contributed by atoms with Gasteiger partial charge in [-0.05, 0) is 74.3 Å². The number of hydrogen-bond acceptors (Lipinski definition) is 4. The van der Waals surface area contributed by atoms with Crippen molar-refractivity contribution in [2.75, 3.05) is 0 Å². The van der Waals surface area contributed by atoms with Crippen LogP contribution in [-0.2, 0) is 9.78 Å². The molecular weight excluding hydrogens is 697 g/mol. The molecule has 0 heterocycles. The Morgan fingerprint density at radius 1 is 0.426 bits per heavy atom. The summed E-state index contributed by atoms with van der Waals surface area (Å²) in [5.41, 5.74) is 0.410. The minimum atomic E-state index is -1.78. The third-order valence-corrected chi connectivity index (χ3v) is 25.1. The zero-order chi connectivity index (χ0) is 40.9. The fourth-order valence-electron chi connectivity index (χ4n) is 6.99. The molecule has 0 aliphatic carbocycles. The maximum atomic E-state index is 10.2. The van der Waals surface area contributed by atoms with Gasteiger partial charge >= 0.3 is 0 Å². The van der Waals surface area contributed by atoms with Crippen LogP contribution < -0.4 is 0 Å². The minimum absolute atomic E-state index is 0.166. The summed E-state index contributed by atoms with van der Waals surface area (Å²) in [7, 11) is -3.56. The highest BCUT2D eigenvalue weighted by molar-refractivity contribution is 6.81. The Hall–Kier alpha value is -0.246. The lowest BCUT2D eigenvalue weighted by Gasteiger charge is -2.45. The lowest BCUT2D eigenvalue weighted by molar-refractivity contribution is -0.324. The Kier molecular flexibility index (Phi) is 30.6. The first-order chi connectivity index (χ1) is 25.4. The van der Waals surface area contributed by atoms with Crippen LogP contribution in [0, 0.1) is 0 Å². The van der Waals surface area contributed by atoms with E-state index in [1.165, 1.54) is 103 Å². The molecule has 4 nitrogen and oxygen atoms in total. The summed E-state index contributed by atoms with van der Waals surface area (Å²) >= 11 is 0. The Labute approximate surface area is 341 Å². The number of allylic oxidation sites excluding steroid dienone is 2. The van der Waals surface area contributed by atoms with E-state index in [-0.39, 0.29) is 33.7 Å². The number of unbranched alkanes of at least 4 members (excludes halogenated alkanes) is 16. The molecule has 2 unspecified atom stereocenters. The second-order valence-electron chi connectivity index (χ2n) is 20.2. The Morgan fingerprint density at radius 2 is 0.722 bits per heavy atom. The van der Waals surface area contributed by atoms with Crippen LogP contribution in [-0.4, -0.2) is 50.0 Å². The maximum absolute atomic E-state index is 10.2. The molecule has 0 bridgehead atoms. The van der Waals surface area contributed by atoms with Crippen LogP contribution in [0.2, 0.25) is 36.3 Å². The molecule has 0 aromatic rings. The van der Waals surface area contributed by atoms with Gasteiger partial charge in [-0.3, -0.25) is 0 Å². The average molecular weight is 795 g/mol. The Morgan fingerprint density at radius 3 is 1.06 bits per heavy atom. The van der Waals surface area contributed by atoms with E-state index in [1.54, 1.807) is 0 Å². The van der Waals surface area contributed by atoms with Gasteiger partial charge in [0.2, 0.25) is 0 Å². The van der Waals surface area contributed by atoms with Crippen molar-refractivity contribution >= 4 is 16.1 Å². The van der Waals surface area contributed by atoms with Crippen LogP contribution in [0.5, 0.6) is 0 Å². The first-order valence-electron chi connectivity index (χ1n) is 23.4. The third-order valence-electron chi connectivity index (χ3n) is 13.4. The topological polar surface area (TPSA) is 58.9 Å². The van der Waals surface area contributed by atoms with E-state index < -0.39 is 16.1 Å². The molecule has 0 amide bonds. The van der Waals surface area contributed by atoms with Crippen molar-refractivity contribution in [2.45, 2.75) is 282 Å². The molecule has 322 valence electrons. The van der Waals surface area contributed by atoms with Crippen molar-refractivity contribution in [1.82, 2.24) is 0 Å². The molecule has 0 aliphatic rings.